The zero-order valence-electron chi connectivity index (χ0n) is 15.7. The molecule has 0 radical (unpaired) electrons. The van der Waals surface area contributed by atoms with E-state index in [2.05, 4.69) is 4.99 Å². The van der Waals surface area contributed by atoms with Crippen LogP contribution in [-0.2, 0) is 38.1 Å². The minimum Gasteiger partial charge on any atom is -0.463 e. The van der Waals surface area contributed by atoms with Crippen LogP contribution in [0.1, 0.15) is 20.8 Å². The summed E-state index contributed by atoms with van der Waals surface area (Å²) in [6.07, 6.45) is -5.46. The molecule has 1 fully saturated rings. The van der Waals surface area contributed by atoms with Gasteiger partial charge in [0, 0.05) is 20.8 Å². The van der Waals surface area contributed by atoms with Crippen LogP contribution in [-0.4, -0.2) is 77.7 Å². The summed E-state index contributed by atoms with van der Waals surface area (Å²) in [4.78, 5) is 62.5. The maximum Gasteiger partial charge on any atom is 0.322 e. The van der Waals surface area contributed by atoms with Gasteiger partial charge < -0.3 is 24.7 Å². The number of esters is 3. The number of hydrogen-bond donors (Lipinski definition) is 3. The lowest BCUT2D eigenvalue weighted by atomic mass is 10.1. The van der Waals surface area contributed by atoms with E-state index in [9.17, 15) is 24.0 Å². The van der Waals surface area contributed by atoms with Crippen LogP contribution < -0.4 is 11.1 Å². The SMILES string of the molecule is CC(=O)OC[C@H]1O[C@@H](N(C(N)=O)C2=NC(=N)NC2=O)[C@H](OC(C)=O)[C@@H]1OC(C)=O. The van der Waals surface area contributed by atoms with E-state index in [-0.39, 0.29) is 0 Å². The number of urea groups is 1. The topological polar surface area (TPSA) is 200 Å². The van der Waals surface area contributed by atoms with Crippen molar-refractivity contribution >= 4 is 41.6 Å². The van der Waals surface area contributed by atoms with Gasteiger partial charge in [0.05, 0.1) is 0 Å². The summed E-state index contributed by atoms with van der Waals surface area (Å²) in [6, 6.07) is -1.22. The van der Waals surface area contributed by atoms with Gasteiger partial charge in [-0.1, -0.05) is 0 Å². The van der Waals surface area contributed by atoms with Crippen LogP contribution in [0.5, 0.6) is 0 Å². The maximum atomic E-state index is 12.1. The molecule has 0 unspecified atom stereocenters. The number of primary amides is 1. The molecule has 0 aliphatic carbocycles. The maximum absolute atomic E-state index is 12.1. The molecule has 0 saturated carbocycles. The highest BCUT2D eigenvalue weighted by Crippen LogP contribution is 2.30. The van der Waals surface area contributed by atoms with Crippen LogP contribution in [0.25, 0.3) is 0 Å². The van der Waals surface area contributed by atoms with Crippen molar-refractivity contribution in [2.45, 2.75) is 45.3 Å². The van der Waals surface area contributed by atoms with Crippen molar-refractivity contribution < 1.29 is 42.9 Å². The number of nitrogens with zero attached hydrogens (tertiary/aromatic N) is 2. The van der Waals surface area contributed by atoms with E-state index in [0.29, 0.717) is 4.90 Å². The number of guanidine groups is 1. The highest BCUT2D eigenvalue weighted by Gasteiger charge is 2.54. The van der Waals surface area contributed by atoms with Gasteiger partial charge in [-0.25, -0.2) is 9.69 Å². The molecule has 158 valence electrons. The highest BCUT2D eigenvalue weighted by molar-refractivity contribution is 6.47. The lowest BCUT2D eigenvalue weighted by Crippen LogP contribution is -2.56. The number of carbonyl (C=O) groups excluding carboxylic acids is 5. The van der Waals surface area contributed by atoms with Gasteiger partial charge in [0.2, 0.25) is 11.8 Å². The summed E-state index contributed by atoms with van der Waals surface area (Å²) in [6.45, 7) is 2.87. The molecule has 14 heteroatoms. The lowest BCUT2D eigenvalue weighted by Gasteiger charge is -2.29. The molecule has 4 atom stereocenters. The molecule has 0 aromatic carbocycles. The smallest absolute Gasteiger partial charge is 0.322 e. The fourth-order valence-electron chi connectivity index (χ4n) is 2.76. The summed E-state index contributed by atoms with van der Waals surface area (Å²) in [7, 11) is 0. The van der Waals surface area contributed by atoms with E-state index in [4.69, 9.17) is 30.1 Å². The van der Waals surface area contributed by atoms with Gasteiger partial charge >= 0.3 is 23.9 Å². The molecular weight excluding hydrogens is 394 g/mol. The Morgan fingerprint density at radius 2 is 1.72 bits per heavy atom. The predicted molar refractivity (Wildman–Crippen MR) is 91.1 cm³/mol. The molecule has 4 N–H and O–H groups in total. The second kappa shape index (κ2) is 8.64. The second-order valence-electron chi connectivity index (χ2n) is 5.96. The largest absolute Gasteiger partial charge is 0.463 e. The zero-order chi connectivity index (χ0) is 21.9. The first-order valence-electron chi connectivity index (χ1n) is 8.21. The van der Waals surface area contributed by atoms with Crippen LogP contribution in [0.4, 0.5) is 4.79 Å². The predicted octanol–water partition coefficient (Wildman–Crippen LogP) is -2.02. The van der Waals surface area contributed by atoms with Crippen LogP contribution >= 0.6 is 0 Å². The number of carbonyl (C=O) groups is 5. The first-order chi connectivity index (χ1) is 13.5. The van der Waals surface area contributed by atoms with Crippen molar-refractivity contribution in [3.8, 4) is 0 Å². The van der Waals surface area contributed by atoms with Gasteiger partial charge in [-0.15, -0.1) is 0 Å². The molecule has 2 rings (SSSR count). The van der Waals surface area contributed by atoms with Crippen LogP contribution in [0.15, 0.2) is 4.99 Å². The molecule has 2 aliphatic rings. The molecule has 0 aromatic heterocycles. The van der Waals surface area contributed by atoms with Crippen molar-refractivity contribution in [3.05, 3.63) is 0 Å². The molecule has 0 aromatic rings. The first kappa shape index (κ1) is 21.7. The second-order valence-corrected chi connectivity index (χ2v) is 5.96. The van der Waals surface area contributed by atoms with Crippen molar-refractivity contribution in [3.63, 3.8) is 0 Å². The number of amidine groups is 1. The van der Waals surface area contributed by atoms with E-state index in [1.165, 1.54) is 0 Å². The summed E-state index contributed by atoms with van der Waals surface area (Å²) in [5, 5.41) is 9.46. The molecule has 29 heavy (non-hydrogen) atoms. The zero-order valence-corrected chi connectivity index (χ0v) is 15.7. The van der Waals surface area contributed by atoms with Gasteiger partial charge in [0.15, 0.2) is 18.4 Å². The number of nitrogens with two attached hydrogens (primary N) is 1. The van der Waals surface area contributed by atoms with Gasteiger partial charge in [0.25, 0.3) is 5.91 Å². The van der Waals surface area contributed by atoms with Crippen molar-refractivity contribution in [1.29, 1.82) is 5.41 Å². The number of rotatable bonds is 5. The molecule has 14 nitrogen and oxygen atoms in total. The number of hydrogen-bond acceptors (Lipinski definition) is 10. The highest BCUT2D eigenvalue weighted by atomic mass is 16.7. The van der Waals surface area contributed by atoms with Crippen molar-refractivity contribution in [2.75, 3.05) is 6.61 Å². The molecule has 0 spiro atoms. The third-order valence-electron chi connectivity index (χ3n) is 3.71. The Balaban J connectivity index is 2.45. The van der Waals surface area contributed by atoms with E-state index in [0.717, 1.165) is 20.8 Å². The molecule has 2 aliphatic heterocycles. The average molecular weight is 413 g/mol. The van der Waals surface area contributed by atoms with E-state index in [1.54, 1.807) is 0 Å². The Morgan fingerprint density at radius 1 is 1.14 bits per heavy atom. The number of ether oxygens (including phenoxy) is 4. The quantitative estimate of drug-likeness (QED) is 0.336. The minimum absolute atomic E-state index is 0.414. The third kappa shape index (κ3) is 5.04. The fraction of sp³-hybridized carbons (Fsp3) is 0.533. The Morgan fingerprint density at radius 3 is 2.17 bits per heavy atom. The van der Waals surface area contributed by atoms with Crippen LogP contribution in [0.3, 0.4) is 0 Å². The molecule has 0 bridgehead atoms. The minimum atomic E-state index is -1.56. The van der Waals surface area contributed by atoms with Crippen LogP contribution in [0, 0.1) is 5.41 Å². The van der Waals surface area contributed by atoms with E-state index < -0.39 is 72.8 Å². The lowest BCUT2D eigenvalue weighted by molar-refractivity contribution is -0.166. The molecule has 3 amide bonds. The summed E-state index contributed by atoms with van der Waals surface area (Å²) < 4.78 is 20.8. The van der Waals surface area contributed by atoms with Crippen molar-refractivity contribution in [1.82, 2.24) is 10.2 Å². The Kier molecular flexibility index (Phi) is 6.48. The number of aliphatic imine (C=N–C) groups is 1. The first-order valence-corrected chi connectivity index (χ1v) is 8.21. The van der Waals surface area contributed by atoms with Gasteiger partial charge in [0.1, 0.15) is 12.7 Å². The monoisotopic (exact) mass is 413 g/mol. The van der Waals surface area contributed by atoms with Crippen LogP contribution in [0.2, 0.25) is 0 Å². The Labute approximate surface area is 163 Å². The summed E-state index contributed by atoms with van der Waals surface area (Å²) >= 11 is 0. The van der Waals surface area contributed by atoms with E-state index in [1.807, 2.05) is 5.32 Å². The van der Waals surface area contributed by atoms with Crippen molar-refractivity contribution in [2.24, 2.45) is 10.7 Å². The Hall–Kier alpha value is -3.55. The summed E-state index contributed by atoms with van der Waals surface area (Å²) in [5.41, 5.74) is 5.35. The standard InChI is InChI=1S/C15H19N5O9/c1-5(21)26-4-8-9(27-6(2)22)10(28-7(3)23)13(29-8)20(15(17)25)11-12(24)19-14(16)18-11/h8-10,13H,4H2,1-3H3,(H2,17,25)(H2,16,19,24)/t8-,9-,10-,13-/m1/s1. The average Bonchev–Trinajstić information content (AvgIpc) is 3.06. The van der Waals surface area contributed by atoms with E-state index >= 15 is 0 Å². The van der Waals surface area contributed by atoms with Gasteiger partial charge in [-0.3, -0.25) is 29.9 Å². The molecule has 1 saturated heterocycles. The molecule has 2 heterocycles. The van der Waals surface area contributed by atoms with Gasteiger partial charge in [-0.05, 0) is 0 Å². The normalized spacial score (nSPS) is 25.7. The van der Waals surface area contributed by atoms with Gasteiger partial charge in [-0.2, -0.15) is 4.99 Å². The number of nitrogens with one attached hydrogen (secondary N) is 2. The summed E-state index contributed by atoms with van der Waals surface area (Å²) in [5.74, 6) is -4.31. The molecular formula is C15H19N5O9. The fourth-order valence-corrected chi connectivity index (χ4v) is 2.76. The third-order valence-corrected chi connectivity index (χ3v) is 3.71. The number of amides is 3. The Bertz CT molecular complexity index is 795.